The Morgan fingerprint density at radius 1 is 0.881 bits per heavy atom. The first-order valence-electron chi connectivity index (χ1n) is 14.7. The van der Waals surface area contributed by atoms with Gasteiger partial charge < -0.3 is 5.32 Å². The second-order valence-electron chi connectivity index (χ2n) is 13.6. The van der Waals surface area contributed by atoms with Crippen LogP contribution in [0.3, 0.4) is 0 Å². The summed E-state index contributed by atoms with van der Waals surface area (Å²) in [6.45, 7) is 6.37. The molecule has 16 heteroatoms. The molecule has 4 saturated carbocycles. The average molecular weight is 660 g/mol. The molecule has 0 aliphatic heterocycles. The third-order valence-electron chi connectivity index (χ3n) is 11.4. The monoisotopic (exact) mass is 659 g/mol. The van der Waals surface area contributed by atoms with Crippen molar-refractivity contribution in [3.8, 4) is 0 Å². The second-order valence-corrected chi connectivity index (χ2v) is 17.3. The van der Waals surface area contributed by atoms with Crippen LogP contribution in [0.25, 0.3) is 0 Å². The van der Waals surface area contributed by atoms with Gasteiger partial charge in [-0.2, -0.15) is 25.3 Å². The van der Waals surface area contributed by atoms with Gasteiger partial charge >= 0.3 is 20.8 Å². The Labute approximate surface area is 249 Å². The number of nitrogens with one attached hydrogen (secondary N) is 1. The summed E-state index contributed by atoms with van der Waals surface area (Å²) in [7, 11) is -13.5. The molecule has 1 amide bonds. The van der Waals surface area contributed by atoms with Crippen molar-refractivity contribution in [2.45, 2.75) is 97.2 Å². The van der Waals surface area contributed by atoms with Crippen molar-refractivity contribution in [1.29, 1.82) is 0 Å². The molecule has 42 heavy (non-hydrogen) atoms. The van der Waals surface area contributed by atoms with Gasteiger partial charge in [0.1, 0.15) is 0 Å². The van der Waals surface area contributed by atoms with Crippen LogP contribution in [0.5, 0.6) is 0 Å². The van der Waals surface area contributed by atoms with Gasteiger partial charge in [0.05, 0.1) is 18.0 Å². The molecular formula is C26H45NO12S3. The van der Waals surface area contributed by atoms with Gasteiger partial charge in [0.25, 0.3) is 10.1 Å². The van der Waals surface area contributed by atoms with Crippen molar-refractivity contribution in [3.05, 3.63) is 0 Å². The zero-order valence-corrected chi connectivity index (χ0v) is 26.8. The highest BCUT2D eigenvalue weighted by atomic mass is 32.3. The van der Waals surface area contributed by atoms with Gasteiger partial charge in [0.15, 0.2) is 0 Å². The maximum absolute atomic E-state index is 12.3. The lowest BCUT2D eigenvalue weighted by Gasteiger charge is -2.62. The van der Waals surface area contributed by atoms with Gasteiger partial charge in [0.2, 0.25) is 5.91 Å². The molecule has 4 aliphatic carbocycles. The molecule has 13 nitrogen and oxygen atoms in total. The predicted molar refractivity (Wildman–Crippen MR) is 151 cm³/mol. The summed E-state index contributed by atoms with van der Waals surface area (Å²) in [6, 6.07) is 0. The fraction of sp³-hybridized carbons (Fsp3) is 0.962. The Bertz CT molecular complexity index is 1340. The molecule has 0 radical (unpaired) electrons. The average Bonchev–Trinajstić information content (AvgIpc) is 3.18. The van der Waals surface area contributed by atoms with Crippen LogP contribution in [0.1, 0.15) is 85.0 Å². The first kappa shape index (κ1) is 34.0. The molecule has 0 saturated heterocycles. The van der Waals surface area contributed by atoms with E-state index in [1.165, 1.54) is 0 Å². The first-order chi connectivity index (χ1) is 19.2. The summed E-state index contributed by atoms with van der Waals surface area (Å²) in [5.41, 5.74) is -0.356. The molecule has 4 N–H and O–H groups in total. The number of hydrogen-bond donors (Lipinski definition) is 4. The highest BCUT2D eigenvalue weighted by molar-refractivity contribution is 7.85. The largest absolute Gasteiger partial charge is 0.397 e. The lowest BCUT2D eigenvalue weighted by atomic mass is 9.43. The van der Waals surface area contributed by atoms with E-state index in [2.05, 4.69) is 26.1 Å². The minimum absolute atomic E-state index is 0.0930. The fourth-order valence-corrected chi connectivity index (χ4v) is 11.0. The minimum Gasteiger partial charge on any atom is -0.355 e. The predicted octanol–water partition coefficient (Wildman–Crippen LogP) is 3.05. The van der Waals surface area contributed by atoms with Crippen molar-refractivity contribution in [2.24, 2.45) is 46.3 Å². The van der Waals surface area contributed by atoms with Gasteiger partial charge in [-0.3, -0.25) is 18.5 Å². The number of rotatable bonds is 11. The topological polar surface area (TPSA) is 211 Å². The molecular weight excluding hydrogens is 614 g/mol. The summed E-state index contributed by atoms with van der Waals surface area (Å²) in [4.78, 5) is 12.3. The van der Waals surface area contributed by atoms with Crippen LogP contribution < -0.4 is 5.32 Å². The van der Waals surface area contributed by atoms with Crippen LogP contribution in [0.2, 0.25) is 0 Å². The van der Waals surface area contributed by atoms with Gasteiger partial charge in [0, 0.05) is 13.0 Å². The van der Waals surface area contributed by atoms with Gasteiger partial charge in [-0.25, -0.2) is 8.37 Å². The van der Waals surface area contributed by atoms with Crippen molar-refractivity contribution in [2.75, 3.05) is 12.3 Å². The molecule has 4 aliphatic rings. The van der Waals surface area contributed by atoms with Gasteiger partial charge in [-0.1, -0.05) is 20.8 Å². The van der Waals surface area contributed by atoms with Crippen LogP contribution in [0.4, 0.5) is 0 Å². The SMILES string of the molecule is CC(CCC(=O)NCCS(=O)(=O)O)C1CCC2C3C(OS(=O)(=O)O)CC4CC(OS(=O)(=O)O)CCC4(C)C3CCC12C. The number of carbonyl (C=O) groups excluding carboxylic acids is 1. The Morgan fingerprint density at radius 2 is 1.50 bits per heavy atom. The van der Waals surface area contributed by atoms with Crippen LogP contribution in [-0.2, 0) is 44.1 Å². The minimum atomic E-state index is -4.75. The Balaban J connectivity index is 1.50. The highest BCUT2D eigenvalue weighted by Gasteiger charge is 2.64. The first-order valence-corrected chi connectivity index (χ1v) is 19.1. The van der Waals surface area contributed by atoms with Gasteiger partial charge in [-0.05, 0) is 104 Å². The van der Waals surface area contributed by atoms with E-state index in [-0.39, 0.29) is 65.2 Å². The fourth-order valence-electron chi connectivity index (χ4n) is 9.62. The van der Waals surface area contributed by atoms with Crippen molar-refractivity contribution in [3.63, 3.8) is 0 Å². The maximum atomic E-state index is 12.3. The van der Waals surface area contributed by atoms with E-state index >= 15 is 0 Å². The molecule has 10 unspecified atom stereocenters. The molecule has 10 atom stereocenters. The zero-order valence-electron chi connectivity index (χ0n) is 24.3. The maximum Gasteiger partial charge on any atom is 0.397 e. The smallest absolute Gasteiger partial charge is 0.355 e. The Morgan fingerprint density at radius 3 is 2.12 bits per heavy atom. The zero-order chi connectivity index (χ0) is 31.3. The summed E-state index contributed by atoms with van der Waals surface area (Å²) >= 11 is 0. The molecule has 0 aromatic carbocycles. The van der Waals surface area contributed by atoms with Crippen LogP contribution >= 0.6 is 0 Å². The van der Waals surface area contributed by atoms with E-state index in [0.29, 0.717) is 32.1 Å². The highest BCUT2D eigenvalue weighted by Crippen LogP contribution is 2.69. The normalized spacial score (nSPS) is 39.5. The Hall–Kier alpha value is -0.880. The lowest BCUT2D eigenvalue weighted by Crippen LogP contribution is -2.59. The quantitative estimate of drug-likeness (QED) is 0.236. The van der Waals surface area contributed by atoms with E-state index < -0.39 is 48.9 Å². The standard InChI is InChI=1S/C26H45NO12S3/c1-16(4-7-23(28)27-12-13-40(29,30)31)19-5-6-20-24-21(9-11-26(19,20)3)25(2)10-8-18(38-41(32,33)34)14-17(25)15-22(24)39-42(35,36)37/h16-22,24H,4-15H2,1-3H3,(H,27,28)(H,29,30,31)(H,32,33,34)(H,35,36,37). The lowest BCUT2D eigenvalue weighted by molar-refractivity contribution is -0.166. The summed E-state index contributed by atoms with van der Waals surface area (Å²) < 4.78 is 107. The third kappa shape index (κ3) is 7.66. The van der Waals surface area contributed by atoms with Crippen LogP contribution in [0.15, 0.2) is 0 Å². The summed E-state index contributed by atoms with van der Waals surface area (Å²) in [5, 5.41) is 2.53. The third-order valence-corrected chi connectivity index (χ3v) is 13.1. The molecule has 244 valence electrons. The molecule has 0 aromatic heterocycles. The Kier molecular flexibility index (Phi) is 9.83. The van der Waals surface area contributed by atoms with Crippen molar-refractivity contribution < 1.29 is 52.1 Å². The molecule has 0 bridgehead atoms. The van der Waals surface area contributed by atoms with E-state index in [4.69, 9.17) is 12.9 Å². The summed E-state index contributed by atoms with van der Waals surface area (Å²) in [5.74, 6) is -0.415. The van der Waals surface area contributed by atoms with E-state index in [0.717, 1.165) is 25.7 Å². The second kappa shape index (κ2) is 12.1. The van der Waals surface area contributed by atoms with Crippen molar-refractivity contribution >= 4 is 36.8 Å². The van der Waals surface area contributed by atoms with Gasteiger partial charge in [-0.15, -0.1) is 0 Å². The van der Waals surface area contributed by atoms with E-state index in [1.54, 1.807) is 0 Å². The molecule has 0 heterocycles. The molecule has 4 fully saturated rings. The number of hydrogen-bond acceptors (Lipinski definition) is 9. The van der Waals surface area contributed by atoms with Crippen LogP contribution in [0, 0.1) is 46.3 Å². The number of carbonyl (C=O) groups is 1. The van der Waals surface area contributed by atoms with E-state index in [9.17, 15) is 39.2 Å². The molecule has 4 rings (SSSR count). The molecule has 0 aromatic rings. The molecule has 0 spiro atoms. The van der Waals surface area contributed by atoms with Crippen LogP contribution in [-0.4, -0.2) is 69.3 Å². The van der Waals surface area contributed by atoms with E-state index in [1.807, 2.05) is 0 Å². The number of amides is 1. The summed E-state index contributed by atoms with van der Waals surface area (Å²) in [6.07, 6.45) is 4.57. The number of fused-ring (bicyclic) bond motifs is 5. The van der Waals surface area contributed by atoms with Crippen molar-refractivity contribution in [1.82, 2.24) is 5.32 Å².